The van der Waals surface area contributed by atoms with E-state index in [1.165, 1.54) is 12.1 Å². The number of benzene rings is 1. The fourth-order valence-electron chi connectivity index (χ4n) is 3.28. The molecule has 3 rings (SSSR count). The van der Waals surface area contributed by atoms with Gasteiger partial charge in [0.05, 0.1) is 11.0 Å². The second-order valence-corrected chi connectivity index (χ2v) is 8.01. The summed E-state index contributed by atoms with van der Waals surface area (Å²) in [5.74, 6) is 1.23. The first-order valence-electron chi connectivity index (χ1n) is 7.69. The summed E-state index contributed by atoms with van der Waals surface area (Å²) >= 11 is 0. The second kappa shape index (κ2) is 5.59. The molecule has 2 aliphatic rings. The monoisotopic (exact) mass is 337 g/mol. The zero-order valence-electron chi connectivity index (χ0n) is 13.0. The van der Waals surface area contributed by atoms with Crippen molar-refractivity contribution >= 4 is 21.5 Å². The Balaban J connectivity index is 2.02. The predicted octanol–water partition coefficient (Wildman–Crippen LogP) is 2.46. The fraction of sp³-hybridized carbons (Fsp3) is 0.533. The van der Waals surface area contributed by atoms with Crippen LogP contribution in [-0.2, 0) is 10.0 Å². The van der Waals surface area contributed by atoms with Crippen LogP contribution in [0.4, 0.5) is 5.69 Å². The number of aliphatic imine (C=N–C) groups is 1. The molecule has 0 unspecified atom stereocenters. The van der Waals surface area contributed by atoms with Gasteiger partial charge in [-0.05, 0) is 24.3 Å². The van der Waals surface area contributed by atoms with Crippen molar-refractivity contribution in [1.29, 1.82) is 0 Å². The lowest BCUT2D eigenvalue weighted by Gasteiger charge is -2.31. The summed E-state index contributed by atoms with van der Waals surface area (Å²) in [5, 5.41) is 10.8. The maximum atomic E-state index is 12.2. The number of amidine groups is 1. The Bertz CT molecular complexity index is 788. The minimum Gasteiger partial charge on any atom is -0.264 e. The molecule has 0 spiro atoms. The number of nitrogens with one attached hydrogen (secondary N) is 1. The third-order valence-corrected chi connectivity index (χ3v) is 6.29. The number of hydrogen-bond acceptors (Lipinski definition) is 5. The third kappa shape index (κ3) is 2.83. The van der Waals surface area contributed by atoms with E-state index in [-0.39, 0.29) is 16.6 Å². The molecule has 23 heavy (non-hydrogen) atoms. The number of rotatable bonds is 2. The van der Waals surface area contributed by atoms with Crippen LogP contribution >= 0.6 is 0 Å². The molecule has 3 atom stereocenters. The summed E-state index contributed by atoms with van der Waals surface area (Å²) in [5.41, 5.74) is 0.177. The van der Waals surface area contributed by atoms with E-state index in [9.17, 15) is 18.5 Å². The van der Waals surface area contributed by atoms with Crippen molar-refractivity contribution in [2.24, 2.45) is 16.8 Å². The van der Waals surface area contributed by atoms with Gasteiger partial charge in [0.1, 0.15) is 10.7 Å². The van der Waals surface area contributed by atoms with Crippen LogP contribution in [0, 0.1) is 22.0 Å². The summed E-state index contributed by atoms with van der Waals surface area (Å²) < 4.78 is 26.9. The molecule has 1 aromatic rings. The van der Waals surface area contributed by atoms with E-state index in [1.807, 2.05) is 0 Å². The van der Waals surface area contributed by atoms with Gasteiger partial charge in [-0.3, -0.25) is 19.8 Å². The number of nitro benzene ring substituents is 1. The van der Waals surface area contributed by atoms with Crippen LogP contribution in [-0.4, -0.2) is 25.2 Å². The fourth-order valence-corrected chi connectivity index (χ4v) is 4.53. The molecule has 1 heterocycles. The molecule has 1 aromatic carbocycles. The van der Waals surface area contributed by atoms with Gasteiger partial charge in [0, 0.05) is 17.7 Å². The third-order valence-electron chi connectivity index (χ3n) is 4.91. The molecule has 1 N–H and O–H groups in total. The number of non-ortho nitro benzene ring substituents is 1. The van der Waals surface area contributed by atoms with E-state index in [0.29, 0.717) is 23.2 Å². The lowest BCUT2D eigenvalue weighted by Crippen LogP contribution is -2.31. The standard InChI is InChI=1S/C15H19N3O4S/c1-9-4-3-5-13(10(9)2)16-15-12-7-6-11(18(19)20)8-14(12)23(21,22)17-15/h6-10,13H,3-5H2,1-2H3,(H,16,17)/t9-,10+,13-/m0/s1. The summed E-state index contributed by atoms with van der Waals surface area (Å²) in [7, 11) is -3.78. The lowest BCUT2D eigenvalue weighted by molar-refractivity contribution is -0.385. The van der Waals surface area contributed by atoms with Crippen molar-refractivity contribution in [3.8, 4) is 0 Å². The van der Waals surface area contributed by atoms with Crippen LogP contribution in [0.5, 0.6) is 0 Å². The zero-order valence-corrected chi connectivity index (χ0v) is 13.8. The molecule has 0 amide bonds. The molecular formula is C15H19N3O4S. The van der Waals surface area contributed by atoms with E-state index in [1.54, 1.807) is 0 Å². The average molecular weight is 337 g/mol. The van der Waals surface area contributed by atoms with E-state index in [4.69, 9.17) is 0 Å². The Morgan fingerprint density at radius 1 is 1.30 bits per heavy atom. The average Bonchev–Trinajstić information content (AvgIpc) is 2.74. The van der Waals surface area contributed by atoms with E-state index >= 15 is 0 Å². The van der Waals surface area contributed by atoms with Crippen molar-refractivity contribution < 1.29 is 13.3 Å². The first kappa shape index (κ1) is 15.9. The highest BCUT2D eigenvalue weighted by Crippen LogP contribution is 2.33. The molecule has 0 bridgehead atoms. The van der Waals surface area contributed by atoms with Crippen molar-refractivity contribution in [3.63, 3.8) is 0 Å². The minimum atomic E-state index is -3.78. The summed E-state index contributed by atoms with van der Waals surface area (Å²) in [6, 6.07) is 3.93. The summed E-state index contributed by atoms with van der Waals surface area (Å²) in [4.78, 5) is 14.8. The van der Waals surface area contributed by atoms with Gasteiger partial charge in [-0.2, -0.15) is 0 Å². The maximum Gasteiger partial charge on any atom is 0.270 e. The maximum absolute atomic E-state index is 12.2. The Kier molecular flexibility index (Phi) is 3.87. The van der Waals surface area contributed by atoms with Gasteiger partial charge in [-0.25, -0.2) is 8.42 Å². The number of fused-ring (bicyclic) bond motifs is 1. The van der Waals surface area contributed by atoms with Gasteiger partial charge in [-0.15, -0.1) is 0 Å². The molecular weight excluding hydrogens is 318 g/mol. The molecule has 1 fully saturated rings. The smallest absolute Gasteiger partial charge is 0.264 e. The van der Waals surface area contributed by atoms with Crippen molar-refractivity contribution in [2.75, 3.05) is 0 Å². The van der Waals surface area contributed by atoms with E-state index < -0.39 is 14.9 Å². The van der Waals surface area contributed by atoms with Gasteiger partial charge in [0.25, 0.3) is 15.7 Å². The Labute approximate surface area is 135 Å². The van der Waals surface area contributed by atoms with Crippen molar-refractivity contribution in [1.82, 2.24) is 4.72 Å². The van der Waals surface area contributed by atoms with Crippen LogP contribution in [0.2, 0.25) is 0 Å². The van der Waals surface area contributed by atoms with E-state index in [2.05, 4.69) is 23.6 Å². The number of hydrogen-bond donors (Lipinski definition) is 1. The Hall–Kier alpha value is -1.96. The molecule has 0 radical (unpaired) electrons. The molecule has 8 heteroatoms. The highest BCUT2D eigenvalue weighted by atomic mass is 32.2. The molecule has 124 valence electrons. The van der Waals surface area contributed by atoms with Crippen LogP contribution in [0.25, 0.3) is 0 Å². The second-order valence-electron chi connectivity index (χ2n) is 6.36. The molecule has 1 aliphatic heterocycles. The normalized spacial score (nSPS) is 30.7. The minimum absolute atomic E-state index is 0.0672. The Morgan fingerprint density at radius 3 is 2.74 bits per heavy atom. The topological polar surface area (TPSA) is 102 Å². The van der Waals surface area contributed by atoms with Gasteiger partial charge < -0.3 is 0 Å². The lowest BCUT2D eigenvalue weighted by atomic mass is 9.78. The first-order valence-corrected chi connectivity index (χ1v) is 9.17. The summed E-state index contributed by atoms with van der Waals surface area (Å²) in [6.45, 7) is 4.33. The predicted molar refractivity (Wildman–Crippen MR) is 85.9 cm³/mol. The highest BCUT2D eigenvalue weighted by Gasteiger charge is 2.34. The van der Waals surface area contributed by atoms with Crippen LogP contribution in [0.15, 0.2) is 28.1 Å². The summed E-state index contributed by atoms with van der Waals surface area (Å²) in [6.07, 6.45) is 3.17. The van der Waals surface area contributed by atoms with Crippen LogP contribution in [0.1, 0.15) is 38.7 Å². The Morgan fingerprint density at radius 2 is 2.04 bits per heavy atom. The molecule has 0 aromatic heterocycles. The van der Waals surface area contributed by atoms with Crippen molar-refractivity contribution in [3.05, 3.63) is 33.9 Å². The molecule has 1 saturated carbocycles. The number of sulfonamides is 1. The largest absolute Gasteiger partial charge is 0.270 e. The SMILES string of the molecule is C[C@H]1[C@@H](N=C2NS(=O)(=O)c3cc([N+](=O)[O-])ccc32)CCC[C@@H]1C. The number of nitro groups is 1. The quantitative estimate of drug-likeness (QED) is 0.661. The highest BCUT2D eigenvalue weighted by molar-refractivity contribution is 7.90. The van der Waals surface area contributed by atoms with Gasteiger partial charge in [0.2, 0.25) is 0 Å². The van der Waals surface area contributed by atoms with Gasteiger partial charge in [-0.1, -0.05) is 26.7 Å². The van der Waals surface area contributed by atoms with E-state index in [0.717, 1.165) is 25.3 Å². The van der Waals surface area contributed by atoms with Crippen molar-refractivity contribution in [2.45, 2.75) is 44.0 Å². The van der Waals surface area contributed by atoms with Crippen LogP contribution < -0.4 is 4.72 Å². The van der Waals surface area contributed by atoms with Gasteiger partial charge in [0.15, 0.2) is 0 Å². The zero-order chi connectivity index (χ0) is 16.8. The number of nitrogens with zero attached hydrogens (tertiary/aromatic N) is 2. The molecule has 0 saturated heterocycles. The van der Waals surface area contributed by atoms with Gasteiger partial charge >= 0.3 is 0 Å². The molecule has 7 nitrogen and oxygen atoms in total. The first-order chi connectivity index (χ1) is 10.8. The van der Waals surface area contributed by atoms with Crippen LogP contribution in [0.3, 0.4) is 0 Å². The molecule has 1 aliphatic carbocycles.